The van der Waals surface area contributed by atoms with Crippen LogP contribution in [-0.4, -0.2) is 74.9 Å². The van der Waals surface area contributed by atoms with Crippen LogP contribution in [0, 0.1) is 0 Å². The quantitative estimate of drug-likeness (QED) is 0.442. The minimum Gasteiger partial charge on any atom is -0.382 e. The van der Waals surface area contributed by atoms with Crippen molar-refractivity contribution in [3.05, 3.63) is 11.5 Å². The number of aliphatic imine (C=N–C) groups is 1. The zero-order valence-corrected chi connectivity index (χ0v) is 14.2. The van der Waals surface area contributed by atoms with Crippen molar-refractivity contribution < 1.29 is 13.8 Å². The van der Waals surface area contributed by atoms with Crippen LogP contribution in [0.2, 0.25) is 0 Å². The summed E-state index contributed by atoms with van der Waals surface area (Å²) >= 11 is 0. The fourth-order valence-corrected chi connectivity index (χ4v) is 3.15. The lowest BCUT2D eigenvalue weighted by Crippen LogP contribution is -2.54. The molecule has 3 atom stereocenters. The van der Waals surface area contributed by atoms with Gasteiger partial charge in [-0.05, 0) is 4.57 Å². The SMILES string of the molecule is CN(C)[P+](=O)OC[C@@H]1CNC[C@H](N2CNC3=C2NCN=C3N)O1. The molecule has 3 heterocycles. The van der Waals surface area contributed by atoms with Gasteiger partial charge in [0.1, 0.15) is 43.0 Å². The summed E-state index contributed by atoms with van der Waals surface area (Å²) in [6, 6.07) is 0. The van der Waals surface area contributed by atoms with E-state index in [4.69, 9.17) is 15.0 Å². The van der Waals surface area contributed by atoms with E-state index in [0.717, 1.165) is 11.5 Å². The van der Waals surface area contributed by atoms with Gasteiger partial charge in [-0.2, -0.15) is 0 Å². The maximum atomic E-state index is 11.7. The van der Waals surface area contributed by atoms with Gasteiger partial charge < -0.3 is 31.3 Å². The molecular formula is C12H23N7O3P+. The van der Waals surface area contributed by atoms with Gasteiger partial charge in [0.05, 0.1) is 6.67 Å². The molecule has 0 spiro atoms. The molecule has 1 saturated heterocycles. The Bertz CT molecular complexity index is 539. The predicted molar refractivity (Wildman–Crippen MR) is 85.3 cm³/mol. The number of hydrogen-bond donors (Lipinski definition) is 4. The molecular weight excluding hydrogens is 321 g/mol. The van der Waals surface area contributed by atoms with Gasteiger partial charge in [-0.3, -0.25) is 0 Å². The van der Waals surface area contributed by atoms with E-state index in [0.29, 0.717) is 32.3 Å². The molecule has 1 fully saturated rings. The highest BCUT2D eigenvalue weighted by molar-refractivity contribution is 7.36. The summed E-state index contributed by atoms with van der Waals surface area (Å²) in [5.74, 6) is 1.41. The van der Waals surface area contributed by atoms with Gasteiger partial charge in [-0.15, -0.1) is 4.52 Å². The molecule has 0 aromatic rings. The maximum Gasteiger partial charge on any atom is 0.615 e. The number of nitrogens with one attached hydrogen (secondary N) is 3. The first-order chi connectivity index (χ1) is 11.1. The molecule has 10 nitrogen and oxygen atoms in total. The van der Waals surface area contributed by atoms with Crippen LogP contribution in [0.25, 0.3) is 0 Å². The third-order valence-electron chi connectivity index (χ3n) is 3.79. The summed E-state index contributed by atoms with van der Waals surface area (Å²) in [4.78, 5) is 6.23. The van der Waals surface area contributed by atoms with E-state index in [1.54, 1.807) is 18.8 Å². The Labute approximate surface area is 136 Å². The van der Waals surface area contributed by atoms with Gasteiger partial charge in [-0.1, -0.05) is 4.67 Å². The van der Waals surface area contributed by atoms with E-state index in [9.17, 15) is 4.57 Å². The van der Waals surface area contributed by atoms with Crippen molar-refractivity contribution in [2.75, 3.05) is 47.1 Å². The van der Waals surface area contributed by atoms with Gasteiger partial charge in [-0.25, -0.2) is 4.99 Å². The molecule has 0 aromatic heterocycles. The molecule has 0 amide bonds. The number of nitrogens with zero attached hydrogens (tertiary/aromatic N) is 3. The minimum atomic E-state index is -1.81. The lowest BCUT2D eigenvalue weighted by molar-refractivity contribution is -0.116. The molecule has 1 unspecified atom stereocenters. The lowest BCUT2D eigenvalue weighted by atomic mass is 10.3. The van der Waals surface area contributed by atoms with Gasteiger partial charge >= 0.3 is 8.18 Å². The summed E-state index contributed by atoms with van der Waals surface area (Å²) in [5.41, 5.74) is 6.71. The first kappa shape index (κ1) is 16.4. The van der Waals surface area contributed by atoms with Crippen LogP contribution in [0.15, 0.2) is 16.5 Å². The summed E-state index contributed by atoms with van der Waals surface area (Å²) in [7, 11) is 1.62. The fraction of sp³-hybridized carbons (Fsp3) is 0.750. The Hall–Kier alpha value is -1.45. The molecule has 0 aromatic carbocycles. The van der Waals surface area contributed by atoms with Crippen molar-refractivity contribution in [2.24, 2.45) is 10.7 Å². The highest BCUT2D eigenvalue weighted by Crippen LogP contribution is 2.26. The van der Waals surface area contributed by atoms with Gasteiger partial charge in [0.2, 0.25) is 0 Å². The summed E-state index contributed by atoms with van der Waals surface area (Å²) in [6.45, 7) is 2.69. The van der Waals surface area contributed by atoms with Gasteiger partial charge in [0, 0.05) is 27.2 Å². The van der Waals surface area contributed by atoms with Crippen LogP contribution in [0.4, 0.5) is 0 Å². The summed E-state index contributed by atoms with van der Waals surface area (Å²) in [5, 5.41) is 9.78. The second-order valence-electron chi connectivity index (χ2n) is 5.66. The average Bonchev–Trinajstić information content (AvgIpc) is 2.98. The number of nitrogens with two attached hydrogens (primary N) is 1. The zero-order chi connectivity index (χ0) is 16.4. The molecule has 0 saturated carbocycles. The highest BCUT2D eigenvalue weighted by atomic mass is 31.1. The van der Waals surface area contributed by atoms with Crippen LogP contribution in [0.5, 0.6) is 0 Å². The number of morpholine rings is 1. The van der Waals surface area contributed by atoms with E-state index in [-0.39, 0.29) is 18.9 Å². The van der Waals surface area contributed by atoms with Crippen LogP contribution in [-0.2, 0) is 13.8 Å². The van der Waals surface area contributed by atoms with Crippen molar-refractivity contribution >= 4 is 14.0 Å². The molecule has 3 rings (SSSR count). The van der Waals surface area contributed by atoms with Crippen molar-refractivity contribution in [1.29, 1.82) is 0 Å². The van der Waals surface area contributed by atoms with Crippen molar-refractivity contribution in [2.45, 2.75) is 12.3 Å². The van der Waals surface area contributed by atoms with Crippen LogP contribution < -0.4 is 21.7 Å². The molecule has 0 bridgehead atoms. The largest absolute Gasteiger partial charge is 0.615 e. The lowest BCUT2D eigenvalue weighted by Gasteiger charge is -2.37. The second kappa shape index (κ2) is 6.98. The second-order valence-corrected chi connectivity index (χ2v) is 7.19. The molecule has 128 valence electrons. The monoisotopic (exact) mass is 344 g/mol. The first-order valence-corrected chi connectivity index (χ1v) is 8.62. The van der Waals surface area contributed by atoms with E-state index >= 15 is 0 Å². The zero-order valence-electron chi connectivity index (χ0n) is 13.3. The smallest absolute Gasteiger partial charge is 0.382 e. The summed E-state index contributed by atoms with van der Waals surface area (Å²) < 4.78 is 24.6. The summed E-state index contributed by atoms with van der Waals surface area (Å²) in [6.07, 6.45) is -0.320. The highest BCUT2D eigenvalue weighted by Gasteiger charge is 2.36. The maximum absolute atomic E-state index is 11.7. The normalized spacial score (nSPS) is 28.2. The number of rotatable bonds is 5. The van der Waals surface area contributed by atoms with Gasteiger partial charge in [0.25, 0.3) is 0 Å². The average molecular weight is 344 g/mol. The van der Waals surface area contributed by atoms with Crippen LogP contribution in [0.1, 0.15) is 0 Å². The Morgan fingerprint density at radius 2 is 2.30 bits per heavy atom. The topological polar surface area (TPSA) is 116 Å². The number of amidine groups is 1. The first-order valence-electron chi connectivity index (χ1n) is 7.49. The Morgan fingerprint density at radius 1 is 1.48 bits per heavy atom. The Morgan fingerprint density at radius 3 is 3.09 bits per heavy atom. The third-order valence-corrected chi connectivity index (χ3v) is 4.81. The van der Waals surface area contributed by atoms with Crippen LogP contribution in [0.3, 0.4) is 0 Å². The van der Waals surface area contributed by atoms with Gasteiger partial charge in [0.15, 0.2) is 0 Å². The molecule has 23 heavy (non-hydrogen) atoms. The molecule has 5 N–H and O–H groups in total. The molecule has 3 aliphatic rings. The molecule has 11 heteroatoms. The van der Waals surface area contributed by atoms with E-state index < -0.39 is 8.18 Å². The van der Waals surface area contributed by atoms with Crippen molar-refractivity contribution in [3.63, 3.8) is 0 Å². The van der Waals surface area contributed by atoms with Crippen LogP contribution >= 0.6 is 8.18 Å². The standard InChI is InChI=1S/C12H23N7O3P/c1-18(2)23(20)21-5-8-3-14-4-9(22-8)19-7-17-10-11(13)15-6-16-12(10)19/h8-9,14,16-17H,3-7H2,1-2H3,(H2,13,15)/q+1/t8-,9+/m0/s1. The van der Waals surface area contributed by atoms with E-state index in [1.807, 2.05) is 0 Å². The Balaban J connectivity index is 1.59. The predicted octanol–water partition coefficient (Wildman–Crippen LogP) is -1.51. The number of hydrogen-bond acceptors (Lipinski definition) is 9. The Kier molecular flexibility index (Phi) is 4.98. The molecule has 0 aliphatic carbocycles. The minimum absolute atomic E-state index is 0.159. The van der Waals surface area contributed by atoms with E-state index in [2.05, 4.69) is 25.8 Å². The molecule has 3 aliphatic heterocycles. The van der Waals surface area contributed by atoms with Crippen molar-refractivity contribution in [3.8, 4) is 0 Å². The molecule has 0 radical (unpaired) electrons. The third kappa shape index (κ3) is 3.56. The van der Waals surface area contributed by atoms with Crippen molar-refractivity contribution in [1.82, 2.24) is 25.5 Å². The fourth-order valence-electron chi connectivity index (χ4n) is 2.63. The number of ether oxygens (including phenoxy) is 1. The van der Waals surface area contributed by atoms with E-state index in [1.165, 1.54) is 0 Å².